The highest BCUT2D eigenvalue weighted by Crippen LogP contribution is 2.26. The molecule has 0 radical (unpaired) electrons. The lowest BCUT2D eigenvalue weighted by atomic mass is 10.2. The maximum absolute atomic E-state index is 13.0. The van der Waals surface area contributed by atoms with Gasteiger partial charge in [0.2, 0.25) is 0 Å². The highest BCUT2D eigenvalue weighted by molar-refractivity contribution is 7.92. The van der Waals surface area contributed by atoms with Crippen LogP contribution in [-0.2, 0) is 17.1 Å². The minimum atomic E-state index is -3.83. The van der Waals surface area contributed by atoms with Crippen molar-refractivity contribution in [2.24, 2.45) is 7.05 Å². The van der Waals surface area contributed by atoms with Gasteiger partial charge in [-0.05, 0) is 25.0 Å². The van der Waals surface area contributed by atoms with E-state index in [4.69, 9.17) is 0 Å². The van der Waals surface area contributed by atoms with Crippen LogP contribution in [0.3, 0.4) is 0 Å². The Balaban J connectivity index is 1.44. The molecule has 154 valence electrons. The van der Waals surface area contributed by atoms with Gasteiger partial charge in [-0.1, -0.05) is 12.1 Å². The van der Waals surface area contributed by atoms with Crippen molar-refractivity contribution < 1.29 is 8.42 Å². The molecular weight excluding hydrogens is 402 g/mol. The van der Waals surface area contributed by atoms with Crippen molar-refractivity contribution >= 4 is 32.3 Å². The number of aromatic nitrogens is 5. The topological polar surface area (TPSA) is 97.9 Å². The molecule has 1 aromatic carbocycles. The van der Waals surface area contributed by atoms with Crippen molar-refractivity contribution in [1.29, 1.82) is 0 Å². The fraction of sp³-hybridized carbons (Fsp3) is 0.250. The normalized spacial score (nSPS) is 14.5. The minimum Gasteiger partial charge on any atom is -0.371 e. The zero-order chi connectivity index (χ0) is 20.7. The van der Waals surface area contributed by atoms with Gasteiger partial charge in [0.1, 0.15) is 4.90 Å². The number of anilines is 2. The summed E-state index contributed by atoms with van der Waals surface area (Å²) in [6.45, 7) is 2.04. The van der Waals surface area contributed by atoms with Crippen molar-refractivity contribution in [2.45, 2.75) is 17.7 Å². The van der Waals surface area contributed by atoms with Gasteiger partial charge in [0.05, 0.1) is 29.8 Å². The van der Waals surface area contributed by atoms with Crippen LogP contribution in [0.1, 0.15) is 12.8 Å². The minimum absolute atomic E-state index is 0.0649. The SMILES string of the molecule is Cn1ncc2cccc(NS(=O)(=O)c3cnn(-c4cc(N5CCCC5)ccn4)c3)c21. The molecule has 4 heterocycles. The number of benzene rings is 1. The van der Waals surface area contributed by atoms with E-state index in [1.54, 1.807) is 36.3 Å². The largest absolute Gasteiger partial charge is 0.371 e. The second-order valence-electron chi connectivity index (χ2n) is 7.30. The second kappa shape index (κ2) is 7.13. The third kappa shape index (κ3) is 3.28. The van der Waals surface area contributed by atoms with Crippen molar-refractivity contribution in [2.75, 3.05) is 22.7 Å². The molecule has 3 aromatic heterocycles. The number of pyridine rings is 1. The van der Waals surface area contributed by atoms with Gasteiger partial charge in [0, 0.05) is 43.5 Å². The van der Waals surface area contributed by atoms with E-state index >= 15 is 0 Å². The smallest absolute Gasteiger partial charge is 0.265 e. The molecule has 0 aliphatic carbocycles. The summed E-state index contributed by atoms with van der Waals surface area (Å²) >= 11 is 0. The highest BCUT2D eigenvalue weighted by Gasteiger charge is 2.20. The van der Waals surface area contributed by atoms with Gasteiger partial charge in [-0.15, -0.1) is 0 Å². The van der Waals surface area contributed by atoms with E-state index in [-0.39, 0.29) is 4.90 Å². The van der Waals surface area contributed by atoms with E-state index in [1.165, 1.54) is 29.9 Å². The van der Waals surface area contributed by atoms with E-state index < -0.39 is 10.0 Å². The first-order valence-electron chi connectivity index (χ1n) is 9.71. The molecule has 0 bridgehead atoms. The standard InChI is InChI=1S/C20H21N7O2S/c1-25-20-15(12-22-25)5-4-6-18(20)24-30(28,29)17-13-23-27(14-17)19-11-16(7-8-21-19)26-9-2-3-10-26/h4-8,11-14,24H,2-3,9-10H2,1H3. The summed E-state index contributed by atoms with van der Waals surface area (Å²) in [6, 6.07) is 9.29. The van der Waals surface area contributed by atoms with Gasteiger partial charge in [-0.25, -0.2) is 18.1 Å². The van der Waals surface area contributed by atoms with Crippen molar-refractivity contribution in [1.82, 2.24) is 24.5 Å². The number of fused-ring (bicyclic) bond motifs is 1. The van der Waals surface area contributed by atoms with Crippen LogP contribution in [0, 0.1) is 0 Å². The molecule has 30 heavy (non-hydrogen) atoms. The Morgan fingerprint density at radius 2 is 1.90 bits per heavy atom. The first-order chi connectivity index (χ1) is 14.5. The molecule has 0 unspecified atom stereocenters. The van der Waals surface area contributed by atoms with Crippen LogP contribution in [-0.4, -0.2) is 46.1 Å². The average molecular weight is 424 g/mol. The van der Waals surface area contributed by atoms with Gasteiger partial charge >= 0.3 is 0 Å². The molecule has 10 heteroatoms. The third-order valence-corrected chi connectivity index (χ3v) is 6.63. The Hall–Kier alpha value is -3.40. The predicted molar refractivity (Wildman–Crippen MR) is 114 cm³/mol. The summed E-state index contributed by atoms with van der Waals surface area (Å²) in [5.74, 6) is 0.578. The summed E-state index contributed by atoms with van der Waals surface area (Å²) in [4.78, 5) is 6.71. The molecule has 1 aliphatic rings. The predicted octanol–water partition coefficient (Wildman–Crippen LogP) is 2.56. The molecule has 0 spiro atoms. The van der Waals surface area contributed by atoms with Crippen molar-refractivity contribution in [3.63, 3.8) is 0 Å². The Bertz CT molecular complexity index is 1320. The van der Waals surface area contributed by atoms with Crippen LogP contribution in [0.15, 0.2) is 60.0 Å². The first-order valence-corrected chi connectivity index (χ1v) is 11.2. The number of para-hydroxylation sites is 1. The number of aryl methyl sites for hydroxylation is 1. The molecule has 9 nitrogen and oxygen atoms in total. The van der Waals surface area contributed by atoms with Crippen LogP contribution in [0.4, 0.5) is 11.4 Å². The van der Waals surface area contributed by atoms with Gasteiger partial charge in [0.15, 0.2) is 5.82 Å². The van der Waals surface area contributed by atoms with Gasteiger partial charge in [-0.3, -0.25) is 9.40 Å². The Labute approximate surface area is 174 Å². The molecule has 5 rings (SSSR count). The highest BCUT2D eigenvalue weighted by atomic mass is 32.2. The summed E-state index contributed by atoms with van der Waals surface area (Å²) in [5.41, 5.74) is 2.25. The van der Waals surface area contributed by atoms with Crippen LogP contribution < -0.4 is 9.62 Å². The zero-order valence-corrected chi connectivity index (χ0v) is 17.2. The molecule has 1 saturated heterocycles. The van der Waals surface area contributed by atoms with Gasteiger partial charge in [0.25, 0.3) is 10.0 Å². The fourth-order valence-corrected chi connectivity index (χ4v) is 4.79. The molecule has 1 aliphatic heterocycles. The molecule has 1 N–H and O–H groups in total. The lowest BCUT2D eigenvalue weighted by Crippen LogP contribution is -2.18. The Morgan fingerprint density at radius 1 is 1.07 bits per heavy atom. The number of hydrogen-bond acceptors (Lipinski definition) is 6. The Kier molecular flexibility index (Phi) is 4.43. The number of nitrogens with one attached hydrogen (secondary N) is 1. The lowest BCUT2D eigenvalue weighted by molar-refractivity contribution is 0.601. The van der Waals surface area contributed by atoms with Crippen LogP contribution in [0.25, 0.3) is 16.7 Å². The maximum atomic E-state index is 13.0. The summed E-state index contributed by atoms with van der Waals surface area (Å²) in [7, 11) is -2.05. The fourth-order valence-electron chi connectivity index (χ4n) is 3.79. The quantitative estimate of drug-likeness (QED) is 0.530. The first kappa shape index (κ1) is 18.6. The van der Waals surface area contributed by atoms with E-state index in [0.29, 0.717) is 17.0 Å². The zero-order valence-electron chi connectivity index (χ0n) is 16.4. The van der Waals surface area contributed by atoms with E-state index in [9.17, 15) is 8.42 Å². The van der Waals surface area contributed by atoms with E-state index in [0.717, 1.165) is 24.2 Å². The summed E-state index contributed by atoms with van der Waals surface area (Å²) < 4.78 is 31.7. The van der Waals surface area contributed by atoms with Gasteiger partial charge < -0.3 is 4.90 Å². The molecule has 0 saturated carbocycles. The van der Waals surface area contributed by atoms with Crippen molar-refractivity contribution in [3.8, 4) is 5.82 Å². The Morgan fingerprint density at radius 3 is 2.73 bits per heavy atom. The van der Waals surface area contributed by atoms with Crippen LogP contribution in [0.5, 0.6) is 0 Å². The molecular formula is C20H21N7O2S. The third-order valence-electron chi connectivity index (χ3n) is 5.31. The van der Waals surface area contributed by atoms with E-state index in [1.807, 2.05) is 18.2 Å². The number of rotatable bonds is 5. The average Bonchev–Trinajstić information content (AvgIpc) is 3.50. The van der Waals surface area contributed by atoms with Crippen LogP contribution >= 0.6 is 0 Å². The number of nitrogens with zero attached hydrogens (tertiary/aromatic N) is 6. The summed E-state index contributed by atoms with van der Waals surface area (Å²) in [6.07, 6.45) is 8.58. The van der Waals surface area contributed by atoms with Crippen LogP contribution in [0.2, 0.25) is 0 Å². The number of sulfonamides is 1. The molecule has 0 atom stereocenters. The second-order valence-corrected chi connectivity index (χ2v) is 8.99. The molecule has 0 amide bonds. The van der Waals surface area contributed by atoms with Crippen molar-refractivity contribution in [3.05, 3.63) is 55.1 Å². The molecule has 4 aromatic rings. The number of hydrogen-bond donors (Lipinski definition) is 1. The maximum Gasteiger partial charge on any atom is 0.265 e. The molecule has 1 fully saturated rings. The summed E-state index contributed by atoms with van der Waals surface area (Å²) in [5, 5.41) is 9.29. The lowest BCUT2D eigenvalue weighted by Gasteiger charge is -2.17. The monoisotopic (exact) mass is 423 g/mol. The van der Waals surface area contributed by atoms with E-state index in [2.05, 4.69) is 24.8 Å². The van der Waals surface area contributed by atoms with Gasteiger partial charge in [-0.2, -0.15) is 10.2 Å².